The first-order valence-corrected chi connectivity index (χ1v) is 12.8. The average molecular weight is 523 g/mol. The second kappa shape index (κ2) is 11.0. The first-order valence-electron chi connectivity index (χ1n) is 12.0. The summed E-state index contributed by atoms with van der Waals surface area (Å²) in [6.07, 6.45) is 1.81. The number of benzene rings is 2. The highest BCUT2D eigenvalue weighted by atomic mass is 32.1. The maximum absolute atomic E-state index is 13.8. The lowest BCUT2D eigenvalue weighted by atomic mass is 9.96. The van der Waals surface area contributed by atoms with Gasteiger partial charge in [0, 0.05) is 0 Å². The van der Waals surface area contributed by atoms with E-state index in [-0.39, 0.29) is 18.3 Å². The van der Waals surface area contributed by atoms with Crippen molar-refractivity contribution in [3.05, 3.63) is 84.5 Å². The number of allylic oxidation sites excluding steroid dienone is 1. The fourth-order valence-electron chi connectivity index (χ4n) is 4.20. The van der Waals surface area contributed by atoms with E-state index in [1.807, 2.05) is 44.2 Å². The molecule has 9 heteroatoms. The summed E-state index contributed by atoms with van der Waals surface area (Å²) in [4.78, 5) is 31.9. The average Bonchev–Trinajstić information content (AvgIpc) is 3.17. The Morgan fingerprint density at radius 3 is 2.43 bits per heavy atom. The first kappa shape index (κ1) is 26.2. The zero-order valence-corrected chi connectivity index (χ0v) is 22.5. The maximum Gasteiger partial charge on any atom is 0.338 e. The van der Waals surface area contributed by atoms with E-state index in [2.05, 4.69) is 4.99 Å². The molecule has 1 aromatic heterocycles. The highest BCUT2D eigenvalue weighted by molar-refractivity contribution is 7.07. The highest BCUT2D eigenvalue weighted by Gasteiger charge is 2.33. The maximum atomic E-state index is 13.8. The van der Waals surface area contributed by atoms with Gasteiger partial charge in [-0.2, -0.15) is 0 Å². The van der Waals surface area contributed by atoms with Crippen LogP contribution in [-0.2, 0) is 9.53 Å². The van der Waals surface area contributed by atoms with E-state index >= 15 is 0 Å². The minimum absolute atomic E-state index is 0.0253. The molecular formula is C28H30N2O6S. The van der Waals surface area contributed by atoms with E-state index in [0.717, 1.165) is 11.1 Å². The van der Waals surface area contributed by atoms with Crippen molar-refractivity contribution in [3.8, 4) is 17.2 Å². The minimum atomic E-state index is -0.684. The number of nitrogens with zero attached hydrogens (tertiary/aromatic N) is 2. The summed E-state index contributed by atoms with van der Waals surface area (Å²) < 4.78 is 23.9. The largest absolute Gasteiger partial charge is 0.493 e. The standard InChI is InChI=1S/C28H30N2O6S/c1-7-35-27(32)24-17(4)29-28-30(25(24)19-9-11-20(12-10-19)36-16(2)3)26(31)23(37-28)15-18-8-13-21(33-5)22(14-18)34-6/h8-16,25H,7H2,1-6H3/b23-15-. The Bertz CT molecular complexity index is 1520. The molecule has 0 saturated heterocycles. The van der Waals surface area contributed by atoms with Gasteiger partial charge in [0.1, 0.15) is 5.75 Å². The van der Waals surface area contributed by atoms with Crippen LogP contribution < -0.4 is 29.1 Å². The Hall–Kier alpha value is -3.85. The predicted octanol–water partition coefficient (Wildman–Crippen LogP) is 3.60. The fourth-order valence-corrected chi connectivity index (χ4v) is 5.25. The third kappa shape index (κ3) is 5.32. The molecule has 0 fully saturated rings. The SMILES string of the molecule is CCOC(=O)C1=C(C)N=c2s/c(=C\c3ccc(OC)c(OC)c3)c(=O)n2C1c1ccc(OC(C)C)cc1. The molecule has 1 unspecified atom stereocenters. The van der Waals surface area contributed by atoms with Crippen LogP contribution in [-0.4, -0.2) is 37.5 Å². The molecule has 0 N–H and O–H groups in total. The van der Waals surface area contributed by atoms with Crippen molar-refractivity contribution >= 4 is 23.4 Å². The lowest BCUT2D eigenvalue weighted by molar-refractivity contribution is -0.139. The van der Waals surface area contributed by atoms with E-state index < -0.39 is 12.0 Å². The normalized spacial score (nSPS) is 15.3. The Labute approximate surface area is 219 Å². The fraction of sp³-hybridized carbons (Fsp3) is 0.321. The van der Waals surface area contributed by atoms with Gasteiger partial charge < -0.3 is 18.9 Å². The number of thiazole rings is 1. The van der Waals surface area contributed by atoms with Gasteiger partial charge in [0.05, 0.1) is 48.8 Å². The Balaban J connectivity index is 1.88. The Morgan fingerprint density at radius 2 is 1.81 bits per heavy atom. The van der Waals surface area contributed by atoms with Crippen LogP contribution in [0.25, 0.3) is 6.08 Å². The van der Waals surface area contributed by atoms with Gasteiger partial charge in [0.15, 0.2) is 16.3 Å². The second-order valence-corrected chi connectivity index (χ2v) is 9.66. The lowest BCUT2D eigenvalue weighted by Gasteiger charge is -2.25. The van der Waals surface area contributed by atoms with E-state index in [1.165, 1.54) is 11.3 Å². The van der Waals surface area contributed by atoms with E-state index in [0.29, 0.717) is 37.9 Å². The van der Waals surface area contributed by atoms with Gasteiger partial charge >= 0.3 is 5.97 Å². The van der Waals surface area contributed by atoms with Crippen molar-refractivity contribution < 1.29 is 23.7 Å². The number of ether oxygens (including phenoxy) is 4. The molecule has 2 aromatic carbocycles. The number of aromatic nitrogens is 1. The monoisotopic (exact) mass is 522 g/mol. The molecule has 8 nitrogen and oxygen atoms in total. The predicted molar refractivity (Wildman–Crippen MR) is 142 cm³/mol. The van der Waals surface area contributed by atoms with Crippen molar-refractivity contribution in [3.63, 3.8) is 0 Å². The molecule has 1 aliphatic heterocycles. The van der Waals surface area contributed by atoms with Crippen LogP contribution in [0.15, 0.2) is 63.5 Å². The van der Waals surface area contributed by atoms with Crippen LogP contribution >= 0.6 is 11.3 Å². The first-order chi connectivity index (χ1) is 17.8. The van der Waals surface area contributed by atoms with Crippen LogP contribution in [0.1, 0.15) is 44.9 Å². The van der Waals surface area contributed by atoms with Crippen LogP contribution in [0.2, 0.25) is 0 Å². The number of methoxy groups -OCH3 is 2. The van der Waals surface area contributed by atoms with Crippen molar-refractivity contribution in [2.45, 2.75) is 39.8 Å². The number of fused-ring (bicyclic) bond motifs is 1. The molecule has 37 heavy (non-hydrogen) atoms. The zero-order valence-electron chi connectivity index (χ0n) is 21.7. The number of rotatable bonds is 8. The van der Waals surface area contributed by atoms with E-state index in [4.69, 9.17) is 18.9 Å². The number of esters is 1. The molecule has 0 bridgehead atoms. The highest BCUT2D eigenvalue weighted by Crippen LogP contribution is 2.32. The summed E-state index contributed by atoms with van der Waals surface area (Å²) in [7, 11) is 3.13. The third-order valence-electron chi connectivity index (χ3n) is 5.79. The van der Waals surface area contributed by atoms with Crippen molar-refractivity contribution in [2.24, 2.45) is 4.99 Å². The summed E-state index contributed by atoms with van der Waals surface area (Å²) in [5, 5.41) is 0. The van der Waals surface area contributed by atoms with Crippen LogP contribution in [0.3, 0.4) is 0 Å². The van der Waals surface area contributed by atoms with Crippen molar-refractivity contribution in [1.82, 2.24) is 4.57 Å². The summed E-state index contributed by atoms with van der Waals surface area (Å²) in [6.45, 7) is 7.64. The molecule has 0 aliphatic carbocycles. The quantitative estimate of drug-likeness (QED) is 0.420. The van der Waals surface area contributed by atoms with Gasteiger partial charge in [0.25, 0.3) is 5.56 Å². The summed E-state index contributed by atoms with van der Waals surface area (Å²) in [5.41, 5.74) is 2.14. The molecule has 0 amide bonds. The van der Waals surface area contributed by atoms with Crippen molar-refractivity contribution in [1.29, 1.82) is 0 Å². The summed E-state index contributed by atoms with van der Waals surface area (Å²) >= 11 is 1.27. The van der Waals surface area contributed by atoms with Gasteiger partial charge in [-0.15, -0.1) is 0 Å². The summed E-state index contributed by atoms with van der Waals surface area (Å²) in [5.74, 6) is 1.37. The van der Waals surface area contributed by atoms with Gasteiger partial charge in [0.2, 0.25) is 0 Å². The lowest BCUT2D eigenvalue weighted by Crippen LogP contribution is -2.39. The smallest absolute Gasteiger partial charge is 0.338 e. The van der Waals surface area contributed by atoms with Crippen LogP contribution in [0, 0.1) is 0 Å². The van der Waals surface area contributed by atoms with Crippen molar-refractivity contribution in [2.75, 3.05) is 20.8 Å². The second-order valence-electron chi connectivity index (χ2n) is 8.65. The van der Waals surface area contributed by atoms with Crippen LogP contribution in [0.4, 0.5) is 0 Å². The molecule has 2 heterocycles. The Morgan fingerprint density at radius 1 is 1.11 bits per heavy atom. The summed E-state index contributed by atoms with van der Waals surface area (Å²) in [6, 6.07) is 12.2. The van der Waals surface area contributed by atoms with E-state index in [1.54, 1.807) is 50.8 Å². The van der Waals surface area contributed by atoms with Gasteiger partial charge in [-0.05, 0) is 69.2 Å². The molecule has 194 valence electrons. The molecule has 0 spiro atoms. The molecule has 3 aromatic rings. The number of hydrogen-bond acceptors (Lipinski definition) is 8. The molecule has 0 saturated carbocycles. The molecule has 1 atom stereocenters. The number of hydrogen-bond donors (Lipinski definition) is 0. The number of carbonyl (C=O) groups excluding carboxylic acids is 1. The minimum Gasteiger partial charge on any atom is -0.493 e. The van der Waals surface area contributed by atoms with Crippen LogP contribution in [0.5, 0.6) is 17.2 Å². The molecular weight excluding hydrogens is 492 g/mol. The van der Waals surface area contributed by atoms with E-state index in [9.17, 15) is 9.59 Å². The van der Waals surface area contributed by atoms with Gasteiger partial charge in [-0.25, -0.2) is 9.79 Å². The molecule has 0 radical (unpaired) electrons. The molecule has 1 aliphatic rings. The Kier molecular flexibility index (Phi) is 7.83. The topological polar surface area (TPSA) is 88.4 Å². The number of carbonyl (C=O) groups is 1. The third-order valence-corrected chi connectivity index (χ3v) is 6.77. The van der Waals surface area contributed by atoms with Gasteiger partial charge in [-0.3, -0.25) is 9.36 Å². The zero-order chi connectivity index (χ0) is 26.7. The molecule has 4 rings (SSSR count). The van der Waals surface area contributed by atoms with Gasteiger partial charge in [-0.1, -0.05) is 29.5 Å².